The van der Waals surface area contributed by atoms with Gasteiger partial charge in [-0.3, -0.25) is 4.79 Å². The van der Waals surface area contributed by atoms with Crippen LogP contribution in [0.5, 0.6) is 11.5 Å². The first kappa shape index (κ1) is 19.5. The first-order valence-electron chi connectivity index (χ1n) is 8.57. The zero-order valence-corrected chi connectivity index (χ0v) is 16.3. The fourth-order valence-electron chi connectivity index (χ4n) is 2.52. The normalized spacial score (nSPS) is 10.2. The second-order valence-corrected chi connectivity index (χ2v) is 6.34. The molecule has 0 aliphatic heterocycles. The molecule has 0 radical (unpaired) electrons. The van der Waals surface area contributed by atoms with Gasteiger partial charge in [0.25, 0.3) is 5.91 Å². The Kier molecular flexibility index (Phi) is 6.34. The van der Waals surface area contributed by atoms with Crippen LogP contribution in [0.2, 0.25) is 5.02 Å². The average Bonchev–Trinajstić information content (AvgIpc) is 2.73. The van der Waals surface area contributed by atoms with Gasteiger partial charge in [-0.1, -0.05) is 23.7 Å². The predicted molar refractivity (Wildman–Crippen MR) is 111 cm³/mol. The van der Waals surface area contributed by atoms with E-state index in [0.717, 1.165) is 17.0 Å². The molecule has 28 heavy (non-hydrogen) atoms. The van der Waals surface area contributed by atoms with Gasteiger partial charge in [0.2, 0.25) is 0 Å². The molecule has 0 saturated carbocycles. The number of pyridine rings is 1. The van der Waals surface area contributed by atoms with Gasteiger partial charge in [0.15, 0.2) is 0 Å². The molecule has 0 aliphatic rings. The van der Waals surface area contributed by atoms with E-state index in [1.165, 1.54) is 7.11 Å². The highest BCUT2D eigenvalue weighted by Gasteiger charge is 2.09. The van der Waals surface area contributed by atoms with E-state index in [-0.39, 0.29) is 5.91 Å². The third kappa shape index (κ3) is 4.92. The molecule has 7 heteroatoms. The van der Waals surface area contributed by atoms with Crippen LogP contribution in [0.4, 0.5) is 11.4 Å². The maximum Gasteiger partial charge on any atom is 0.274 e. The first-order valence-corrected chi connectivity index (χ1v) is 8.94. The van der Waals surface area contributed by atoms with Gasteiger partial charge in [0.1, 0.15) is 17.2 Å². The minimum Gasteiger partial charge on any atom is -0.497 e. The molecule has 0 atom stereocenters. The van der Waals surface area contributed by atoms with Crippen LogP contribution >= 0.6 is 11.6 Å². The van der Waals surface area contributed by atoms with Gasteiger partial charge in [0, 0.05) is 12.2 Å². The number of nitrogens with one attached hydrogen (secondary N) is 2. The van der Waals surface area contributed by atoms with Crippen molar-refractivity contribution >= 4 is 28.9 Å². The standard InChI is InChI=1S/C21H20ClN3O3/c1-27-17-7-3-14(4-8-17)12-23-16-5-9-19(24-13-16)21(26)25-15-6-10-20(28-2)18(22)11-15/h3-11,13,23H,12H2,1-2H3,(H,25,26). The minimum absolute atomic E-state index is 0.307. The maximum atomic E-state index is 12.4. The van der Waals surface area contributed by atoms with Crippen molar-refractivity contribution in [3.05, 3.63) is 77.1 Å². The molecule has 0 fully saturated rings. The van der Waals surface area contributed by atoms with Crippen LogP contribution in [0.3, 0.4) is 0 Å². The molecule has 0 aliphatic carbocycles. The first-order chi connectivity index (χ1) is 13.6. The van der Waals surface area contributed by atoms with Crippen molar-refractivity contribution in [3.63, 3.8) is 0 Å². The Labute approximate surface area is 168 Å². The topological polar surface area (TPSA) is 72.5 Å². The summed E-state index contributed by atoms with van der Waals surface area (Å²) in [6.07, 6.45) is 1.62. The third-order valence-electron chi connectivity index (χ3n) is 4.06. The van der Waals surface area contributed by atoms with E-state index in [1.807, 2.05) is 30.3 Å². The van der Waals surface area contributed by atoms with Crippen LogP contribution in [-0.2, 0) is 6.54 Å². The molecule has 1 aromatic heterocycles. The van der Waals surface area contributed by atoms with Crippen molar-refractivity contribution in [1.29, 1.82) is 0 Å². The van der Waals surface area contributed by atoms with Crippen LogP contribution in [0.1, 0.15) is 16.1 Å². The van der Waals surface area contributed by atoms with Crippen LogP contribution < -0.4 is 20.1 Å². The Morgan fingerprint density at radius 1 is 1.00 bits per heavy atom. The fraction of sp³-hybridized carbons (Fsp3) is 0.143. The molecule has 3 rings (SSSR count). The monoisotopic (exact) mass is 397 g/mol. The maximum absolute atomic E-state index is 12.4. The Morgan fingerprint density at radius 2 is 1.75 bits per heavy atom. The van der Waals surface area contributed by atoms with Gasteiger partial charge in [-0.15, -0.1) is 0 Å². The summed E-state index contributed by atoms with van der Waals surface area (Å²) in [5.74, 6) is 1.05. The summed E-state index contributed by atoms with van der Waals surface area (Å²) < 4.78 is 10.2. The Bertz CT molecular complexity index is 944. The molecule has 2 aromatic carbocycles. The molecule has 0 bridgehead atoms. The number of carbonyl (C=O) groups excluding carboxylic acids is 1. The van der Waals surface area contributed by atoms with E-state index in [2.05, 4.69) is 15.6 Å². The zero-order valence-electron chi connectivity index (χ0n) is 15.5. The molecule has 1 heterocycles. The number of methoxy groups -OCH3 is 2. The molecular formula is C21H20ClN3O3. The van der Waals surface area contributed by atoms with Gasteiger partial charge in [-0.05, 0) is 48.0 Å². The number of hydrogen-bond donors (Lipinski definition) is 2. The number of amides is 1. The lowest BCUT2D eigenvalue weighted by Gasteiger charge is -2.09. The lowest BCUT2D eigenvalue weighted by Crippen LogP contribution is -2.13. The van der Waals surface area contributed by atoms with Gasteiger partial charge in [0.05, 0.1) is 31.1 Å². The summed E-state index contributed by atoms with van der Waals surface area (Å²) >= 11 is 6.07. The number of rotatable bonds is 7. The second-order valence-electron chi connectivity index (χ2n) is 5.94. The SMILES string of the molecule is COc1ccc(CNc2ccc(C(=O)Nc3ccc(OC)c(Cl)c3)nc2)cc1. The minimum atomic E-state index is -0.317. The van der Waals surface area contributed by atoms with Crippen molar-refractivity contribution in [3.8, 4) is 11.5 Å². The third-order valence-corrected chi connectivity index (χ3v) is 4.36. The van der Waals surface area contributed by atoms with Gasteiger partial charge in [-0.2, -0.15) is 0 Å². The molecule has 144 valence electrons. The largest absolute Gasteiger partial charge is 0.497 e. The van der Waals surface area contributed by atoms with E-state index in [1.54, 1.807) is 37.6 Å². The summed E-state index contributed by atoms with van der Waals surface area (Å²) in [5.41, 5.74) is 2.81. The zero-order chi connectivity index (χ0) is 19.9. The van der Waals surface area contributed by atoms with Gasteiger partial charge >= 0.3 is 0 Å². The lowest BCUT2D eigenvalue weighted by atomic mass is 10.2. The Hall–Kier alpha value is -3.25. The lowest BCUT2D eigenvalue weighted by molar-refractivity contribution is 0.102. The number of hydrogen-bond acceptors (Lipinski definition) is 5. The van der Waals surface area contributed by atoms with Crippen molar-refractivity contribution < 1.29 is 14.3 Å². The highest BCUT2D eigenvalue weighted by molar-refractivity contribution is 6.32. The number of carbonyl (C=O) groups is 1. The van der Waals surface area contributed by atoms with Crippen LogP contribution in [-0.4, -0.2) is 25.1 Å². The van der Waals surface area contributed by atoms with Gasteiger partial charge < -0.3 is 20.1 Å². The number of nitrogens with zero attached hydrogens (tertiary/aromatic N) is 1. The molecule has 0 spiro atoms. The number of anilines is 2. The summed E-state index contributed by atoms with van der Waals surface area (Å²) in [7, 11) is 3.17. The summed E-state index contributed by atoms with van der Waals surface area (Å²) in [4.78, 5) is 16.6. The predicted octanol–water partition coefficient (Wildman–Crippen LogP) is 4.62. The quantitative estimate of drug-likeness (QED) is 0.608. The smallest absolute Gasteiger partial charge is 0.274 e. The second kappa shape index (κ2) is 9.10. The van der Waals surface area contributed by atoms with Crippen LogP contribution in [0.15, 0.2) is 60.8 Å². The molecule has 6 nitrogen and oxygen atoms in total. The van der Waals surface area contributed by atoms with E-state index >= 15 is 0 Å². The number of aromatic nitrogens is 1. The fourth-order valence-corrected chi connectivity index (χ4v) is 2.78. The van der Waals surface area contributed by atoms with E-state index in [9.17, 15) is 4.79 Å². The number of ether oxygens (including phenoxy) is 2. The summed E-state index contributed by atoms with van der Waals surface area (Å²) in [6.45, 7) is 0.640. The molecule has 0 saturated heterocycles. The molecule has 0 unspecified atom stereocenters. The summed E-state index contributed by atoms with van der Waals surface area (Å²) in [6, 6.07) is 16.3. The Balaban J connectivity index is 1.58. The highest BCUT2D eigenvalue weighted by Crippen LogP contribution is 2.27. The summed E-state index contributed by atoms with van der Waals surface area (Å²) in [5, 5.41) is 6.46. The van der Waals surface area contributed by atoms with E-state index < -0.39 is 0 Å². The molecule has 2 N–H and O–H groups in total. The van der Waals surface area contributed by atoms with E-state index in [4.69, 9.17) is 21.1 Å². The van der Waals surface area contributed by atoms with Crippen molar-refractivity contribution in [2.24, 2.45) is 0 Å². The van der Waals surface area contributed by atoms with Crippen LogP contribution in [0.25, 0.3) is 0 Å². The average molecular weight is 398 g/mol. The van der Waals surface area contributed by atoms with E-state index in [0.29, 0.717) is 28.7 Å². The van der Waals surface area contributed by atoms with Gasteiger partial charge in [-0.25, -0.2) is 4.98 Å². The molecule has 3 aromatic rings. The van der Waals surface area contributed by atoms with Crippen molar-refractivity contribution in [1.82, 2.24) is 4.98 Å². The van der Waals surface area contributed by atoms with Crippen LogP contribution in [0, 0.1) is 0 Å². The van der Waals surface area contributed by atoms with Crippen molar-refractivity contribution in [2.45, 2.75) is 6.54 Å². The molecular weight excluding hydrogens is 378 g/mol. The number of benzene rings is 2. The number of halogens is 1. The highest BCUT2D eigenvalue weighted by atomic mass is 35.5. The molecule has 1 amide bonds. The Morgan fingerprint density at radius 3 is 2.36 bits per heavy atom. The van der Waals surface area contributed by atoms with Crippen molar-refractivity contribution in [2.75, 3.05) is 24.9 Å².